The van der Waals surface area contributed by atoms with E-state index in [4.69, 9.17) is 0 Å². The molecule has 0 bridgehead atoms. The average Bonchev–Trinajstić information content (AvgIpc) is 3.01. The van der Waals surface area contributed by atoms with Gasteiger partial charge in [0, 0.05) is 55.4 Å². The fourth-order valence-electron chi connectivity index (χ4n) is 4.28. The third-order valence-electron chi connectivity index (χ3n) is 6.13. The zero-order chi connectivity index (χ0) is 22.5. The van der Waals surface area contributed by atoms with Crippen molar-refractivity contribution >= 4 is 17.4 Å². The number of hydrogen-bond acceptors (Lipinski definition) is 4. The van der Waals surface area contributed by atoms with Crippen LogP contribution in [0.5, 0.6) is 0 Å². The number of carbonyl (C=O) groups is 2. The van der Waals surface area contributed by atoms with Crippen molar-refractivity contribution in [2.75, 3.05) is 44.6 Å². The van der Waals surface area contributed by atoms with Gasteiger partial charge in [0.2, 0.25) is 5.91 Å². The lowest BCUT2D eigenvalue weighted by Crippen LogP contribution is -2.49. The molecule has 1 aromatic carbocycles. The maximum Gasteiger partial charge on any atom is 0.238 e. The molecule has 1 aromatic heterocycles. The van der Waals surface area contributed by atoms with Crippen LogP contribution in [-0.4, -0.2) is 65.3 Å². The van der Waals surface area contributed by atoms with Gasteiger partial charge in [0.15, 0.2) is 5.78 Å². The van der Waals surface area contributed by atoms with Crippen molar-refractivity contribution in [2.24, 2.45) is 0 Å². The molecule has 1 fully saturated rings. The van der Waals surface area contributed by atoms with Crippen molar-refractivity contribution in [2.45, 2.75) is 34.2 Å². The summed E-state index contributed by atoms with van der Waals surface area (Å²) < 4.78 is 2.12. The summed E-state index contributed by atoms with van der Waals surface area (Å²) in [6.45, 7) is 16.5. The van der Waals surface area contributed by atoms with Crippen LogP contribution < -0.4 is 5.32 Å². The highest BCUT2D eigenvalue weighted by Crippen LogP contribution is 2.20. The molecule has 1 N–H and O–H groups in total. The Hall–Kier alpha value is -2.70. The number of piperazine rings is 1. The molecule has 0 saturated carbocycles. The molecular weight excluding hydrogens is 388 g/mol. The molecule has 6 heteroatoms. The largest absolute Gasteiger partial charge is 0.345 e. The summed E-state index contributed by atoms with van der Waals surface area (Å²) in [5, 5.41) is 3.06. The van der Waals surface area contributed by atoms with E-state index in [1.54, 1.807) is 0 Å². The third kappa shape index (κ3) is 5.51. The Morgan fingerprint density at radius 1 is 1.00 bits per heavy atom. The summed E-state index contributed by atoms with van der Waals surface area (Å²) in [5.41, 5.74) is 5.94. The van der Waals surface area contributed by atoms with E-state index in [2.05, 4.69) is 26.3 Å². The lowest BCUT2D eigenvalue weighted by Gasteiger charge is -2.33. The van der Waals surface area contributed by atoms with Gasteiger partial charge in [-0.05, 0) is 44.9 Å². The zero-order valence-electron chi connectivity index (χ0n) is 19.2. The quantitative estimate of drug-likeness (QED) is 0.524. The number of allylic oxidation sites excluding steroid dienone is 1. The molecule has 1 aliphatic rings. The number of anilines is 1. The molecule has 1 amide bonds. The van der Waals surface area contributed by atoms with E-state index < -0.39 is 0 Å². The second kappa shape index (κ2) is 10.1. The van der Waals surface area contributed by atoms with Crippen LogP contribution in [0.1, 0.15) is 32.9 Å². The highest BCUT2D eigenvalue weighted by atomic mass is 16.2. The lowest BCUT2D eigenvalue weighted by atomic mass is 10.1. The van der Waals surface area contributed by atoms with E-state index in [0.717, 1.165) is 59.9 Å². The Morgan fingerprint density at radius 2 is 1.58 bits per heavy atom. The number of carbonyl (C=O) groups excluding carboxylic acids is 2. The fraction of sp³-hybridized carbons (Fsp3) is 0.440. The van der Waals surface area contributed by atoms with Crippen LogP contribution in [0.4, 0.5) is 5.69 Å². The van der Waals surface area contributed by atoms with Crippen molar-refractivity contribution in [3.63, 3.8) is 0 Å². The first kappa shape index (κ1) is 23.0. The van der Waals surface area contributed by atoms with Crippen LogP contribution in [0.2, 0.25) is 0 Å². The van der Waals surface area contributed by atoms with Crippen LogP contribution in [0.3, 0.4) is 0 Å². The molecule has 2 heterocycles. The number of aryl methyl sites for hydroxylation is 3. The second-order valence-corrected chi connectivity index (χ2v) is 8.47. The first-order valence-electron chi connectivity index (χ1n) is 10.9. The molecular formula is C25H34N4O2. The van der Waals surface area contributed by atoms with E-state index in [-0.39, 0.29) is 11.7 Å². The summed E-state index contributed by atoms with van der Waals surface area (Å²) in [5.74, 6) is 0.168. The van der Waals surface area contributed by atoms with Gasteiger partial charge in [-0.1, -0.05) is 24.3 Å². The number of benzene rings is 1. The van der Waals surface area contributed by atoms with E-state index in [9.17, 15) is 9.59 Å². The van der Waals surface area contributed by atoms with Crippen molar-refractivity contribution in [1.29, 1.82) is 0 Å². The summed E-state index contributed by atoms with van der Waals surface area (Å²) >= 11 is 0. The minimum Gasteiger partial charge on any atom is -0.345 e. The van der Waals surface area contributed by atoms with E-state index >= 15 is 0 Å². The number of Topliss-reactive ketones (excluding diaryl/α,β-unsaturated/α-hetero) is 1. The van der Waals surface area contributed by atoms with Crippen LogP contribution >= 0.6 is 0 Å². The molecule has 0 radical (unpaired) electrons. The molecule has 6 nitrogen and oxygen atoms in total. The number of nitrogens with zero attached hydrogens (tertiary/aromatic N) is 3. The number of amides is 1. The number of para-hydroxylation sites is 1. The maximum atomic E-state index is 12.9. The van der Waals surface area contributed by atoms with Crippen molar-refractivity contribution < 1.29 is 9.59 Å². The number of aromatic nitrogens is 1. The minimum absolute atomic E-state index is 0.0107. The molecule has 3 rings (SSSR count). The lowest BCUT2D eigenvalue weighted by molar-refractivity contribution is -0.117. The molecule has 0 unspecified atom stereocenters. The van der Waals surface area contributed by atoms with Gasteiger partial charge in [-0.2, -0.15) is 0 Å². The van der Waals surface area contributed by atoms with Gasteiger partial charge in [-0.3, -0.25) is 19.4 Å². The monoisotopic (exact) mass is 422 g/mol. The number of hydrogen-bond donors (Lipinski definition) is 1. The normalized spacial score (nSPS) is 15.1. The molecule has 166 valence electrons. The minimum atomic E-state index is 0.0107. The van der Waals surface area contributed by atoms with Gasteiger partial charge in [0.25, 0.3) is 0 Å². The third-order valence-corrected chi connectivity index (χ3v) is 6.13. The zero-order valence-corrected chi connectivity index (χ0v) is 19.2. The smallest absolute Gasteiger partial charge is 0.238 e. The Morgan fingerprint density at radius 3 is 2.16 bits per heavy atom. The number of rotatable bonds is 8. The van der Waals surface area contributed by atoms with Crippen LogP contribution in [0.25, 0.3) is 0 Å². The van der Waals surface area contributed by atoms with Gasteiger partial charge in [0.05, 0.1) is 13.1 Å². The maximum absolute atomic E-state index is 12.9. The van der Waals surface area contributed by atoms with Gasteiger partial charge in [-0.25, -0.2) is 0 Å². The number of ketones is 1. The van der Waals surface area contributed by atoms with Gasteiger partial charge < -0.3 is 9.88 Å². The summed E-state index contributed by atoms with van der Waals surface area (Å²) in [4.78, 5) is 29.7. The van der Waals surface area contributed by atoms with Gasteiger partial charge in [0.1, 0.15) is 0 Å². The summed E-state index contributed by atoms with van der Waals surface area (Å²) in [7, 11) is 0. The van der Waals surface area contributed by atoms with E-state index in [1.165, 1.54) is 0 Å². The molecule has 2 aromatic rings. The predicted octanol–water partition coefficient (Wildman–Crippen LogP) is 3.35. The van der Waals surface area contributed by atoms with E-state index in [1.807, 2.05) is 58.0 Å². The van der Waals surface area contributed by atoms with Crippen molar-refractivity contribution in [1.82, 2.24) is 14.4 Å². The Bertz CT molecular complexity index is 948. The van der Waals surface area contributed by atoms with Gasteiger partial charge in [-0.15, -0.1) is 6.58 Å². The van der Waals surface area contributed by atoms with Crippen LogP contribution in [-0.2, 0) is 11.3 Å². The fourth-order valence-corrected chi connectivity index (χ4v) is 4.28. The number of nitrogens with one attached hydrogen (secondary N) is 1. The topological polar surface area (TPSA) is 57.6 Å². The van der Waals surface area contributed by atoms with E-state index in [0.29, 0.717) is 19.6 Å². The molecule has 0 aliphatic carbocycles. The van der Waals surface area contributed by atoms with Crippen molar-refractivity contribution in [3.8, 4) is 0 Å². The van der Waals surface area contributed by atoms with Crippen molar-refractivity contribution in [3.05, 3.63) is 65.0 Å². The first-order valence-corrected chi connectivity index (χ1v) is 10.9. The Labute approximate surface area is 185 Å². The molecule has 1 saturated heterocycles. The van der Waals surface area contributed by atoms with Gasteiger partial charge >= 0.3 is 0 Å². The SMILES string of the molecule is C=CCn1c(C)cc(C(=O)CN2CCN(CC(=O)Nc3c(C)cccc3C)CC2)c1C. The molecule has 1 aliphatic heterocycles. The predicted molar refractivity (Wildman–Crippen MR) is 126 cm³/mol. The summed E-state index contributed by atoms with van der Waals surface area (Å²) in [6, 6.07) is 7.99. The molecule has 31 heavy (non-hydrogen) atoms. The molecule has 0 atom stereocenters. The Kier molecular flexibility index (Phi) is 7.46. The Balaban J connectivity index is 1.50. The highest BCUT2D eigenvalue weighted by molar-refractivity contribution is 5.99. The average molecular weight is 423 g/mol. The molecule has 0 spiro atoms. The standard InChI is InChI=1S/C25H34N4O2/c1-6-10-29-20(4)15-22(21(29)5)23(30)16-27-11-13-28(14-12-27)17-24(31)26-25-18(2)8-7-9-19(25)3/h6-9,15H,1,10-14,16-17H2,2-5H3,(H,26,31). The first-order chi connectivity index (χ1) is 14.8. The highest BCUT2D eigenvalue weighted by Gasteiger charge is 2.23. The summed E-state index contributed by atoms with van der Waals surface area (Å²) in [6.07, 6.45) is 1.85. The van der Waals surface area contributed by atoms with Crippen LogP contribution in [0.15, 0.2) is 36.9 Å². The van der Waals surface area contributed by atoms with Crippen LogP contribution in [0, 0.1) is 27.7 Å². The second-order valence-electron chi connectivity index (χ2n) is 8.47.